The van der Waals surface area contributed by atoms with E-state index < -0.39 is 0 Å². The molecule has 19 heavy (non-hydrogen) atoms. The van der Waals surface area contributed by atoms with Crippen LogP contribution < -0.4 is 0 Å². The molecule has 0 N–H and O–H groups in total. The molecule has 0 atom stereocenters. The van der Waals surface area contributed by atoms with Gasteiger partial charge < -0.3 is 4.74 Å². The quantitative estimate of drug-likeness (QED) is 0.584. The van der Waals surface area contributed by atoms with Crippen molar-refractivity contribution in [1.82, 2.24) is 0 Å². The van der Waals surface area contributed by atoms with E-state index in [1.54, 1.807) is 0 Å². The normalized spacial score (nSPS) is 20.8. The third-order valence-corrected chi connectivity index (χ3v) is 3.77. The Kier molecular flexibility index (Phi) is 9.48. The molecule has 0 aromatic heterocycles. The van der Waals surface area contributed by atoms with Crippen molar-refractivity contribution >= 4 is 5.97 Å². The van der Waals surface area contributed by atoms with Gasteiger partial charge in [-0.1, -0.05) is 57.8 Å². The zero-order valence-corrected chi connectivity index (χ0v) is 12.6. The first-order valence-corrected chi connectivity index (χ1v) is 8.16. The van der Waals surface area contributed by atoms with E-state index in [2.05, 4.69) is 6.08 Å². The molecule has 0 aliphatic heterocycles. The largest absolute Gasteiger partial charge is 0.432 e. The molecule has 0 saturated heterocycles. The van der Waals surface area contributed by atoms with Crippen LogP contribution in [-0.4, -0.2) is 5.97 Å². The summed E-state index contributed by atoms with van der Waals surface area (Å²) < 4.78 is 5.30. The van der Waals surface area contributed by atoms with E-state index in [1.165, 1.54) is 71.1 Å². The van der Waals surface area contributed by atoms with Crippen molar-refractivity contribution in [2.75, 3.05) is 0 Å². The zero-order chi connectivity index (χ0) is 13.8. The fraction of sp³-hybridized carbons (Fsp3) is 0.824. The third kappa shape index (κ3) is 9.75. The predicted octanol–water partition coefficient (Wildman–Crippen LogP) is 5.52. The van der Waals surface area contributed by atoms with E-state index >= 15 is 0 Å². The molecule has 0 saturated carbocycles. The maximum atomic E-state index is 11.1. The molecule has 110 valence electrons. The van der Waals surface area contributed by atoms with Crippen molar-refractivity contribution in [3.05, 3.63) is 11.8 Å². The second-order valence-corrected chi connectivity index (χ2v) is 5.69. The molecule has 0 amide bonds. The number of allylic oxidation sites excluding steroid dienone is 2. The average molecular weight is 266 g/mol. The van der Waals surface area contributed by atoms with Crippen molar-refractivity contribution in [2.45, 2.75) is 90.4 Å². The summed E-state index contributed by atoms with van der Waals surface area (Å²) in [5.41, 5.74) is 0. The van der Waals surface area contributed by atoms with Crippen LogP contribution in [0.15, 0.2) is 11.8 Å². The lowest BCUT2D eigenvalue weighted by Gasteiger charge is -2.07. The van der Waals surface area contributed by atoms with E-state index in [0.717, 1.165) is 25.0 Å². The summed E-state index contributed by atoms with van der Waals surface area (Å²) in [7, 11) is 0. The van der Waals surface area contributed by atoms with Crippen molar-refractivity contribution < 1.29 is 9.53 Å². The Morgan fingerprint density at radius 3 is 1.84 bits per heavy atom. The van der Waals surface area contributed by atoms with Crippen molar-refractivity contribution in [2.24, 2.45) is 0 Å². The Bertz CT molecular complexity index is 268. The summed E-state index contributed by atoms with van der Waals surface area (Å²) in [6.07, 6.45) is 18.7. The van der Waals surface area contributed by atoms with Crippen LogP contribution in [-0.2, 0) is 9.53 Å². The van der Waals surface area contributed by atoms with Gasteiger partial charge >= 0.3 is 5.97 Å². The molecular formula is C17H30O2. The van der Waals surface area contributed by atoms with Crippen LogP contribution in [0.4, 0.5) is 0 Å². The van der Waals surface area contributed by atoms with Crippen LogP contribution in [0.5, 0.6) is 0 Å². The van der Waals surface area contributed by atoms with E-state index in [0.29, 0.717) is 0 Å². The van der Waals surface area contributed by atoms with Gasteiger partial charge in [0.1, 0.15) is 5.76 Å². The molecule has 0 fully saturated rings. The highest BCUT2D eigenvalue weighted by Crippen LogP contribution is 2.17. The molecule has 2 nitrogen and oxygen atoms in total. The zero-order valence-electron chi connectivity index (χ0n) is 12.6. The van der Waals surface area contributed by atoms with Crippen LogP contribution in [0, 0.1) is 0 Å². The van der Waals surface area contributed by atoms with Crippen molar-refractivity contribution in [1.29, 1.82) is 0 Å². The fourth-order valence-corrected chi connectivity index (χ4v) is 2.68. The second kappa shape index (κ2) is 11.1. The number of esters is 1. The van der Waals surface area contributed by atoms with Gasteiger partial charge in [0.25, 0.3) is 0 Å². The molecule has 0 radical (unpaired) electrons. The van der Waals surface area contributed by atoms with Gasteiger partial charge in [-0.05, 0) is 25.3 Å². The molecule has 0 bridgehead atoms. The molecule has 1 aliphatic rings. The van der Waals surface area contributed by atoms with Gasteiger partial charge in [0.15, 0.2) is 0 Å². The molecule has 0 unspecified atom stereocenters. The van der Waals surface area contributed by atoms with Crippen LogP contribution in [0.3, 0.4) is 0 Å². The molecule has 0 spiro atoms. The first kappa shape index (κ1) is 16.3. The maximum absolute atomic E-state index is 11.1. The maximum Gasteiger partial charge on any atom is 0.307 e. The lowest BCUT2D eigenvalue weighted by atomic mass is 10.1. The highest BCUT2D eigenvalue weighted by Gasteiger charge is 2.03. The van der Waals surface area contributed by atoms with Crippen LogP contribution in [0.1, 0.15) is 90.4 Å². The number of carbonyl (C=O) groups excluding carboxylic acids is 1. The van der Waals surface area contributed by atoms with Gasteiger partial charge in [-0.15, -0.1) is 0 Å². The molecule has 0 aromatic rings. The minimum absolute atomic E-state index is 0.177. The third-order valence-electron chi connectivity index (χ3n) is 3.77. The van der Waals surface area contributed by atoms with E-state index in [-0.39, 0.29) is 5.97 Å². The predicted molar refractivity (Wildman–Crippen MR) is 79.9 cm³/mol. The van der Waals surface area contributed by atoms with Gasteiger partial charge in [0.05, 0.1) is 0 Å². The van der Waals surface area contributed by atoms with Crippen LogP contribution in [0.2, 0.25) is 0 Å². The van der Waals surface area contributed by atoms with Crippen LogP contribution in [0.25, 0.3) is 0 Å². The van der Waals surface area contributed by atoms with Gasteiger partial charge in [0.2, 0.25) is 0 Å². The summed E-state index contributed by atoms with van der Waals surface area (Å²) in [6, 6.07) is 0. The highest BCUT2D eigenvalue weighted by molar-refractivity contribution is 5.67. The number of hydrogen-bond acceptors (Lipinski definition) is 2. The first-order valence-electron chi connectivity index (χ1n) is 8.16. The van der Waals surface area contributed by atoms with Gasteiger partial charge in [0, 0.05) is 13.3 Å². The summed E-state index contributed by atoms with van der Waals surface area (Å²) in [5, 5.41) is 0. The molecule has 1 rings (SSSR count). The first-order chi connectivity index (χ1) is 9.29. The van der Waals surface area contributed by atoms with Crippen molar-refractivity contribution in [3.8, 4) is 0 Å². The van der Waals surface area contributed by atoms with Gasteiger partial charge in [-0.2, -0.15) is 0 Å². The average Bonchev–Trinajstić information content (AvgIpc) is 2.38. The molecule has 0 aromatic carbocycles. The Labute approximate surface area is 118 Å². The summed E-state index contributed by atoms with van der Waals surface area (Å²) in [5.74, 6) is 0.728. The Morgan fingerprint density at radius 2 is 1.32 bits per heavy atom. The Morgan fingerprint density at radius 1 is 0.842 bits per heavy atom. The highest BCUT2D eigenvalue weighted by atomic mass is 16.5. The van der Waals surface area contributed by atoms with Crippen LogP contribution >= 0.6 is 0 Å². The minimum atomic E-state index is -0.177. The number of hydrogen-bond donors (Lipinski definition) is 0. The molecule has 2 heteroatoms. The number of carbonyl (C=O) groups is 1. The summed E-state index contributed by atoms with van der Waals surface area (Å²) >= 11 is 0. The fourth-order valence-electron chi connectivity index (χ4n) is 2.68. The molecular weight excluding hydrogens is 236 g/mol. The van der Waals surface area contributed by atoms with Gasteiger partial charge in [-0.25, -0.2) is 0 Å². The van der Waals surface area contributed by atoms with E-state index in [9.17, 15) is 4.79 Å². The minimum Gasteiger partial charge on any atom is -0.432 e. The Hall–Kier alpha value is -0.790. The van der Waals surface area contributed by atoms with Gasteiger partial charge in [-0.3, -0.25) is 4.79 Å². The van der Waals surface area contributed by atoms with Crippen molar-refractivity contribution in [3.63, 3.8) is 0 Å². The monoisotopic (exact) mass is 266 g/mol. The van der Waals surface area contributed by atoms with E-state index in [1.807, 2.05) is 0 Å². The summed E-state index contributed by atoms with van der Waals surface area (Å²) in [4.78, 5) is 11.1. The molecule has 1 aliphatic carbocycles. The number of ether oxygens (including phenoxy) is 1. The Balaban J connectivity index is 2.36. The summed E-state index contributed by atoms with van der Waals surface area (Å²) in [6.45, 7) is 1.50. The smallest absolute Gasteiger partial charge is 0.307 e. The SMILES string of the molecule is CC(=O)OC1=CCCCCCCCCCCCCC1. The number of rotatable bonds is 1. The second-order valence-electron chi connectivity index (χ2n) is 5.69. The molecule has 0 heterocycles. The lowest BCUT2D eigenvalue weighted by Crippen LogP contribution is -1.99. The lowest BCUT2D eigenvalue weighted by molar-refractivity contribution is -0.137. The van der Waals surface area contributed by atoms with E-state index in [4.69, 9.17) is 4.74 Å². The topological polar surface area (TPSA) is 26.3 Å². The standard InChI is InChI=1S/C17H30O2/c1-16(18)19-17-14-12-10-8-6-4-2-3-5-7-9-11-13-15-17/h14H,2-13,15H2,1H3.